The Morgan fingerprint density at radius 2 is 2.00 bits per heavy atom. The predicted molar refractivity (Wildman–Crippen MR) is 75.9 cm³/mol. The van der Waals surface area contributed by atoms with E-state index in [2.05, 4.69) is 15.4 Å². The maximum absolute atomic E-state index is 11.8. The fourth-order valence-electron chi connectivity index (χ4n) is 1.49. The summed E-state index contributed by atoms with van der Waals surface area (Å²) in [4.78, 5) is 33.7. The van der Waals surface area contributed by atoms with Gasteiger partial charge in [0.05, 0.1) is 7.11 Å². The summed E-state index contributed by atoms with van der Waals surface area (Å²) in [6.07, 6.45) is 0. The number of hydrogen-bond acceptors (Lipinski definition) is 5. The fourth-order valence-corrected chi connectivity index (χ4v) is 1.49. The number of nitrogens with one attached hydrogen (secondary N) is 2. The summed E-state index contributed by atoms with van der Waals surface area (Å²) in [5.74, 6) is -0.711. The molecule has 1 aromatic rings. The minimum atomic E-state index is -0.651. The molecular weight excluding hydrogens is 276 g/mol. The number of benzene rings is 1. The normalized spacial score (nSPS) is 11.2. The second-order valence-electron chi connectivity index (χ2n) is 4.30. The molecule has 0 saturated carbocycles. The monoisotopic (exact) mass is 294 g/mol. The van der Waals surface area contributed by atoms with Crippen LogP contribution in [0.1, 0.15) is 13.8 Å². The van der Waals surface area contributed by atoms with E-state index >= 15 is 0 Å². The number of methoxy groups -OCH3 is 1. The molecular formula is C14H18N2O5. The summed E-state index contributed by atoms with van der Waals surface area (Å²) in [6.45, 7) is 2.70. The van der Waals surface area contributed by atoms with Gasteiger partial charge in [-0.25, -0.2) is 4.79 Å². The van der Waals surface area contributed by atoms with Crippen molar-refractivity contribution in [2.45, 2.75) is 19.9 Å². The van der Waals surface area contributed by atoms with Gasteiger partial charge in [0.25, 0.3) is 0 Å². The van der Waals surface area contributed by atoms with E-state index in [9.17, 15) is 14.4 Å². The van der Waals surface area contributed by atoms with Crippen molar-refractivity contribution in [1.82, 2.24) is 5.32 Å². The van der Waals surface area contributed by atoms with E-state index in [0.717, 1.165) is 0 Å². The highest BCUT2D eigenvalue weighted by Crippen LogP contribution is 2.17. The highest BCUT2D eigenvalue weighted by Gasteiger charge is 2.13. The van der Waals surface area contributed by atoms with Gasteiger partial charge in [0.1, 0.15) is 11.8 Å². The summed E-state index contributed by atoms with van der Waals surface area (Å²) in [5.41, 5.74) is 0.500. The number of carbonyl (C=O) groups is 3. The molecule has 2 amide bonds. The van der Waals surface area contributed by atoms with Crippen LogP contribution in [0.2, 0.25) is 0 Å². The molecule has 7 nitrogen and oxygen atoms in total. The topological polar surface area (TPSA) is 93.7 Å². The van der Waals surface area contributed by atoms with Crippen LogP contribution in [0.5, 0.6) is 5.75 Å². The van der Waals surface area contributed by atoms with Gasteiger partial charge in [-0.05, 0) is 19.1 Å². The average molecular weight is 294 g/mol. The van der Waals surface area contributed by atoms with Gasteiger partial charge in [0.15, 0.2) is 6.61 Å². The van der Waals surface area contributed by atoms with Crippen LogP contribution in [-0.2, 0) is 19.1 Å². The van der Waals surface area contributed by atoms with Gasteiger partial charge in [-0.15, -0.1) is 0 Å². The minimum absolute atomic E-state index is 0.212. The first-order valence-corrected chi connectivity index (χ1v) is 6.30. The molecule has 0 aliphatic carbocycles. The van der Waals surface area contributed by atoms with Gasteiger partial charge >= 0.3 is 5.97 Å². The van der Waals surface area contributed by atoms with Crippen LogP contribution in [0.3, 0.4) is 0 Å². The zero-order valence-electron chi connectivity index (χ0n) is 12.1. The Bertz CT molecular complexity index is 530. The molecule has 0 spiro atoms. The third-order valence-electron chi connectivity index (χ3n) is 2.50. The van der Waals surface area contributed by atoms with Gasteiger partial charge in [-0.2, -0.15) is 0 Å². The van der Waals surface area contributed by atoms with E-state index in [0.29, 0.717) is 11.4 Å². The summed E-state index contributed by atoms with van der Waals surface area (Å²) in [7, 11) is 1.27. The molecule has 0 aliphatic heterocycles. The van der Waals surface area contributed by atoms with Gasteiger partial charge in [-0.1, -0.05) is 6.07 Å². The molecule has 0 aromatic heterocycles. The first-order valence-electron chi connectivity index (χ1n) is 6.30. The Hall–Kier alpha value is -2.57. The Balaban J connectivity index is 2.61. The Morgan fingerprint density at radius 3 is 2.62 bits per heavy atom. The van der Waals surface area contributed by atoms with E-state index in [1.54, 1.807) is 31.2 Å². The van der Waals surface area contributed by atoms with Crippen LogP contribution >= 0.6 is 0 Å². The van der Waals surface area contributed by atoms with Crippen LogP contribution in [0.4, 0.5) is 5.69 Å². The lowest BCUT2D eigenvalue weighted by Crippen LogP contribution is -2.40. The number of esters is 1. The van der Waals surface area contributed by atoms with Crippen molar-refractivity contribution in [3.63, 3.8) is 0 Å². The van der Waals surface area contributed by atoms with Crippen molar-refractivity contribution < 1.29 is 23.9 Å². The Morgan fingerprint density at radius 1 is 1.29 bits per heavy atom. The minimum Gasteiger partial charge on any atom is -0.482 e. The summed E-state index contributed by atoms with van der Waals surface area (Å²) in [6, 6.07) is 5.91. The van der Waals surface area contributed by atoms with Crippen molar-refractivity contribution in [3.8, 4) is 5.75 Å². The molecule has 0 aliphatic rings. The fraction of sp³-hybridized carbons (Fsp3) is 0.357. The van der Waals surface area contributed by atoms with Gasteiger partial charge in [0.2, 0.25) is 11.8 Å². The van der Waals surface area contributed by atoms with Gasteiger partial charge < -0.3 is 20.1 Å². The van der Waals surface area contributed by atoms with E-state index in [-0.39, 0.29) is 18.4 Å². The molecule has 0 radical (unpaired) electrons. The summed E-state index contributed by atoms with van der Waals surface area (Å²) in [5, 5.41) is 5.12. The van der Waals surface area contributed by atoms with Crippen LogP contribution in [0, 0.1) is 0 Å². The third kappa shape index (κ3) is 5.94. The summed E-state index contributed by atoms with van der Waals surface area (Å²) < 4.78 is 9.67. The molecule has 0 bridgehead atoms. The molecule has 0 saturated heterocycles. The average Bonchev–Trinajstić information content (AvgIpc) is 2.44. The van der Waals surface area contributed by atoms with Crippen molar-refractivity contribution in [1.29, 1.82) is 0 Å². The van der Waals surface area contributed by atoms with Crippen molar-refractivity contribution >= 4 is 23.5 Å². The van der Waals surface area contributed by atoms with E-state index in [1.165, 1.54) is 14.0 Å². The van der Waals surface area contributed by atoms with E-state index in [1.807, 2.05) is 0 Å². The third-order valence-corrected chi connectivity index (χ3v) is 2.50. The predicted octanol–water partition coefficient (Wildman–Crippen LogP) is 0.701. The van der Waals surface area contributed by atoms with Crippen LogP contribution in [0.25, 0.3) is 0 Å². The van der Waals surface area contributed by atoms with Crippen LogP contribution < -0.4 is 15.4 Å². The number of hydrogen-bond donors (Lipinski definition) is 2. The number of anilines is 1. The van der Waals surface area contributed by atoms with E-state index < -0.39 is 12.0 Å². The standard InChI is InChI=1S/C14H18N2O5/c1-9(15-10(2)17)14(19)16-11-5-4-6-12(7-11)21-8-13(18)20-3/h4-7,9H,8H2,1-3H3,(H,15,17)(H,16,19). The lowest BCUT2D eigenvalue weighted by molar-refractivity contribution is -0.142. The first kappa shape index (κ1) is 16.5. The summed E-state index contributed by atoms with van der Waals surface area (Å²) >= 11 is 0. The maximum Gasteiger partial charge on any atom is 0.343 e. The number of rotatable bonds is 6. The second kappa shape index (κ2) is 7.88. The zero-order valence-corrected chi connectivity index (χ0v) is 12.1. The molecule has 1 aromatic carbocycles. The van der Waals surface area contributed by atoms with Crippen molar-refractivity contribution in [3.05, 3.63) is 24.3 Å². The Labute approximate surface area is 122 Å². The lowest BCUT2D eigenvalue weighted by Gasteiger charge is -2.13. The number of amides is 2. The molecule has 0 heterocycles. The van der Waals surface area contributed by atoms with Gasteiger partial charge in [-0.3, -0.25) is 9.59 Å². The quantitative estimate of drug-likeness (QED) is 0.753. The molecule has 7 heteroatoms. The highest BCUT2D eigenvalue weighted by molar-refractivity contribution is 5.96. The molecule has 1 unspecified atom stereocenters. The van der Waals surface area contributed by atoms with Crippen molar-refractivity contribution in [2.24, 2.45) is 0 Å². The number of carbonyl (C=O) groups excluding carboxylic acids is 3. The SMILES string of the molecule is COC(=O)COc1cccc(NC(=O)C(C)NC(C)=O)c1. The second-order valence-corrected chi connectivity index (χ2v) is 4.30. The number of ether oxygens (including phenoxy) is 2. The molecule has 0 fully saturated rings. The molecule has 1 rings (SSSR count). The molecule has 2 N–H and O–H groups in total. The molecule has 21 heavy (non-hydrogen) atoms. The first-order chi connectivity index (χ1) is 9.92. The zero-order chi connectivity index (χ0) is 15.8. The Kier molecular flexibility index (Phi) is 6.19. The smallest absolute Gasteiger partial charge is 0.343 e. The van der Waals surface area contributed by atoms with Crippen LogP contribution in [-0.4, -0.2) is 37.5 Å². The van der Waals surface area contributed by atoms with Gasteiger partial charge in [0, 0.05) is 18.7 Å². The largest absolute Gasteiger partial charge is 0.482 e. The van der Waals surface area contributed by atoms with Crippen molar-refractivity contribution in [2.75, 3.05) is 19.0 Å². The van der Waals surface area contributed by atoms with Crippen LogP contribution in [0.15, 0.2) is 24.3 Å². The van der Waals surface area contributed by atoms with E-state index in [4.69, 9.17) is 4.74 Å². The maximum atomic E-state index is 11.8. The molecule has 1 atom stereocenters. The highest BCUT2D eigenvalue weighted by atomic mass is 16.6. The lowest BCUT2D eigenvalue weighted by atomic mass is 10.2. The molecule has 114 valence electrons.